The van der Waals surface area contributed by atoms with Gasteiger partial charge in [0.1, 0.15) is 5.82 Å². The largest absolute Gasteiger partial charge is 0.332 e. The lowest BCUT2D eigenvalue weighted by Gasteiger charge is -2.32. The van der Waals surface area contributed by atoms with Crippen molar-refractivity contribution in [1.29, 1.82) is 0 Å². The monoisotopic (exact) mass is 386 g/mol. The number of aryl methyl sites for hydroxylation is 1. The Labute approximate surface area is 163 Å². The van der Waals surface area contributed by atoms with Crippen LogP contribution in [0.5, 0.6) is 0 Å². The number of hydrogen-bond acceptors (Lipinski definition) is 5. The fourth-order valence-electron chi connectivity index (χ4n) is 3.62. The van der Waals surface area contributed by atoms with Crippen LogP contribution in [-0.4, -0.2) is 56.7 Å². The summed E-state index contributed by atoms with van der Waals surface area (Å²) in [6.45, 7) is 7.95. The highest BCUT2D eigenvalue weighted by Gasteiger charge is 2.30. The Morgan fingerprint density at radius 1 is 1.25 bits per heavy atom. The van der Waals surface area contributed by atoms with Crippen molar-refractivity contribution in [2.75, 3.05) is 11.9 Å². The van der Waals surface area contributed by atoms with Crippen molar-refractivity contribution in [3.05, 3.63) is 11.8 Å². The molecule has 150 valence electrons. The van der Waals surface area contributed by atoms with Crippen molar-refractivity contribution in [3.8, 4) is 0 Å². The molecule has 0 aliphatic carbocycles. The van der Waals surface area contributed by atoms with E-state index in [1.165, 1.54) is 4.68 Å². The van der Waals surface area contributed by atoms with Gasteiger partial charge in [0, 0.05) is 24.4 Å². The number of amides is 3. The molecule has 3 rings (SSSR count). The fourth-order valence-corrected chi connectivity index (χ4v) is 3.62. The molecule has 1 aromatic rings. The Morgan fingerprint density at radius 3 is 2.64 bits per heavy atom. The average Bonchev–Trinajstić information content (AvgIpc) is 3.01. The van der Waals surface area contributed by atoms with E-state index in [-0.39, 0.29) is 29.6 Å². The molecule has 9 nitrogen and oxygen atoms in total. The maximum absolute atomic E-state index is 12.6. The lowest BCUT2D eigenvalue weighted by Crippen LogP contribution is -2.47. The second-order valence-electron chi connectivity index (χ2n) is 7.34. The van der Waals surface area contributed by atoms with E-state index in [0.717, 1.165) is 19.3 Å². The summed E-state index contributed by atoms with van der Waals surface area (Å²) in [4.78, 5) is 47.4. The molecule has 0 saturated carbocycles. The van der Waals surface area contributed by atoms with Gasteiger partial charge < -0.3 is 10.2 Å². The number of rotatable bonds is 2. The summed E-state index contributed by atoms with van der Waals surface area (Å²) in [5.74, 6) is -1.56. The first-order chi connectivity index (χ1) is 13.3. The van der Waals surface area contributed by atoms with Crippen LogP contribution in [0.25, 0.3) is 0 Å². The summed E-state index contributed by atoms with van der Waals surface area (Å²) in [5.41, 5.74) is 1.26. The molecule has 1 aromatic heterocycles. The van der Waals surface area contributed by atoms with Crippen LogP contribution in [0.15, 0.2) is 16.1 Å². The summed E-state index contributed by atoms with van der Waals surface area (Å²) in [6.07, 6.45) is 3.46. The second-order valence-corrected chi connectivity index (χ2v) is 7.34. The summed E-state index contributed by atoms with van der Waals surface area (Å²) in [7, 11) is 0. The highest BCUT2D eigenvalue weighted by Crippen LogP contribution is 2.19. The first-order valence-electron chi connectivity index (χ1n) is 9.68. The zero-order valence-corrected chi connectivity index (χ0v) is 16.7. The zero-order chi connectivity index (χ0) is 20.4. The van der Waals surface area contributed by atoms with Gasteiger partial charge in [0.25, 0.3) is 11.9 Å². The Kier molecular flexibility index (Phi) is 5.71. The summed E-state index contributed by atoms with van der Waals surface area (Å²) in [5, 5.41) is 6.89. The molecule has 0 radical (unpaired) electrons. The average molecular weight is 386 g/mol. The Bertz CT molecular complexity index is 869. The van der Waals surface area contributed by atoms with Gasteiger partial charge in [-0.25, -0.2) is 4.99 Å². The first kappa shape index (κ1) is 19.9. The number of nitrogens with zero attached hydrogens (tertiary/aromatic N) is 5. The zero-order valence-electron chi connectivity index (χ0n) is 16.7. The summed E-state index contributed by atoms with van der Waals surface area (Å²) >= 11 is 0. The summed E-state index contributed by atoms with van der Waals surface area (Å²) in [6, 6.07) is 1.66. The normalized spacial score (nSPS) is 22.6. The van der Waals surface area contributed by atoms with Crippen LogP contribution in [0.4, 0.5) is 5.82 Å². The van der Waals surface area contributed by atoms with E-state index in [4.69, 9.17) is 0 Å². The highest BCUT2D eigenvalue weighted by molar-refractivity contribution is 6.39. The van der Waals surface area contributed by atoms with E-state index in [1.807, 2.05) is 13.8 Å². The SMILES string of the molecule is CCC1C(=O)N=C(n2nc(C)cc2NC(=O)C(=O)N2CCCCC2C)N=C1C. The molecular weight excluding hydrogens is 360 g/mol. The van der Waals surface area contributed by atoms with Gasteiger partial charge in [-0.3, -0.25) is 14.4 Å². The Hall–Kier alpha value is -2.84. The van der Waals surface area contributed by atoms with Crippen LogP contribution in [-0.2, 0) is 14.4 Å². The molecule has 9 heteroatoms. The van der Waals surface area contributed by atoms with Gasteiger partial charge in [-0.15, -0.1) is 0 Å². The van der Waals surface area contributed by atoms with Crippen LogP contribution in [0.3, 0.4) is 0 Å². The van der Waals surface area contributed by atoms with Gasteiger partial charge in [-0.05, 0) is 46.5 Å². The summed E-state index contributed by atoms with van der Waals surface area (Å²) < 4.78 is 1.30. The number of carbonyl (C=O) groups excluding carboxylic acids is 3. The first-order valence-corrected chi connectivity index (χ1v) is 9.68. The molecule has 0 bridgehead atoms. The fraction of sp³-hybridized carbons (Fsp3) is 0.579. The van der Waals surface area contributed by atoms with Crippen LogP contribution in [0, 0.1) is 12.8 Å². The van der Waals surface area contributed by atoms with Crippen molar-refractivity contribution in [3.63, 3.8) is 0 Å². The number of hydrogen-bond donors (Lipinski definition) is 1. The van der Waals surface area contributed by atoms with Gasteiger partial charge in [-0.2, -0.15) is 14.8 Å². The van der Waals surface area contributed by atoms with Gasteiger partial charge in [0.15, 0.2) is 0 Å². The van der Waals surface area contributed by atoms with Crippen molar-refractivity contribution in [1.82, 2.24) is 14.7 Å². The predicted molar refractivity (Wildman–Crippen MR) is 105 cm³/mol. The Morgan fingerprint density at radius 2 is 2.00 bits per heavy atom. The quantitative estimate of drug-likeness (QED) is 0.781. The number of aromatic nitrogens is 2. The maximum atomic E-state index is 12.6. The minimum atomic E-state index is -0.732. The third kappa shape index (κ3) is 3.88. The van der Waals surface area contributed by atoms with E-state index < -0.39 is 11.8 Å². The molecule has 2 aliphatic rings. The number of likely N-dealkylation sites (tertiary alicyclic amines) is 1. The van der Waals surface area contributed by atoms with Gasteiger partial charge in [0.05, 0.1) is 11.6 Å². The van der Waals surface area contributed by atoms with Crippen molar-refractivity contribution in [2.45, 2.75) is 59.4 Å². The molecule has 0 spiro atoms. The molecular formula is C19H26N6O3. The van der Waals surface area contributed by atoms with Gasteiger partial charge in [-0.1, -0.05) is 6.92 Å². The molecule has 2 atom stereocenters. The second kappa shape index (κ2) is 8.04. The molecule has 1 N–H and O–H groups in total. The molecule has 3 amide bonds. The Balaban J connectivity index is 1.82. The topological polar surface area (TPSA) is 109 Å². The van der Waals surface area contributed by atoms with Crippen LogP contribution >= 0.6 is 0 Å². The minimum Gasteiger partial charge on any atom is -0.332 e. The maximum Gasteiger partial charge on any atom is 0.315 e. The molecule has 1 saturated heterocycles. The van der Waals surface area contributed by atoms with E-state index in [1.54, 1.807) is 24.8 Å². The van der Waals surface area contributed by atoms with Crippen molar-refractivity contribution < 1.29 is 14.4 Å². The predicted octanol–water partition coefficient (Wildman–Crippen LogP) is 1.76. The highest BCUT2D eigenvalue weighted by atomic mass is 16.2. The van der Waals surface area contributed by atoms with Crippen LogP contribution in [0.1, 0.15) is 52.1 Å². The van der Waals surface area contributed by atoms with Crippen LogP contribution in [0.2, 0.25) is 0 Å². The van der Waals surface area contributed by atoms with E-state index in [9.17, 15) is 14.4 Å². The number of anilines is 1. The lowest BCUT2D eigenvalue weighted by molar-refractivity contribution is -0.145. The molecule has 0 aromatic carbocycles. The van der Waals surface area contributed by atoms with Crippen molar-refractivity contribution in [2.24, 2.45) is 15.9 Å². The molecule has 3 heterocycles. The minimum absolute atomic E-state index is 0.0391. The standard InChI is InChI=1S/C19H26N6O3/c1-5-14-13(4)20-19(22-16(14)26)25-15(10-11(2)23-25)21-17(27)18(28)24-9-7-6-8-12(24)3/h10,12,14H,5-9H2,1-4H3,(H,21,27). The number of nitrogens with one attached hydrogen (secondary N) is 1. The van der Waals surface area contributed by atoms with Crippen LogP contribution < -0.4 is 5.32 Å². The van der Waals surface area contributed by atoms with E-state index in [0.29, 0.717) is 24.4 Å². The van der Waals surface area contributed by atoms with Gasteiger partial charge in [0.2, 0.25) is 0 Å². The molecule has 2 aliphatic heterocycles. The third-order valence-electron chi connectivity index (χ3n) is 5.22. The number of piperidine rings is 1. The molecule has 1 fully saturated rings. The molecule has 28 heavy (non-hydrogen) atoms. The van der Waals surface area contributed by atoms with E-state index >= 15 is 0 Å². The molecule has 2 unspecified atom stereocenters. The number of carbonyl (C=O) groups is 3. The third-order valence-corrected chi connectivity index (χ3v) is 5.22. The smallest absolute Gasteiger partial charge is 0.315 e. The van der Waals surface area contributed by atoms with Crippen molar-refractivity contribution >= 4 is 35.2 Å². The number of aliphatic imine (C=N–C) groups is 2. The van der Waals surface area contributed by atoms with E-state index in [2.05, 4.69) is 20.4 Å². The van der Waals surface area contributed by atoms with Gasteiger partial charge >= 0.3 is 11.8 Å². The lowest BCUT2D eigenvalue weighted by atomic mass is 10.00.